The van der Waals surface area contributed by atoms with Crippen molar-refractivity contribution in [3.05, 3.63) is 0 Å². The first-order chi connectivity index (χ1) is 8.24. The number of oxime groups is 1. The van der Waals surface area contributed by atoms with Gasteiger partial charge in [0, 0.05) is 19.6 Å². The van der Waals surface area contributed by atoms with E-state index in [0.29, 0.717) is 6.54 Å². The van der Waals surface area contributed by atoms with Crippen LogP contribution in [-0.2, 0) is 0 Å². The van der Waals surface area contributed by atoms with E-state index in [4.69, 9.17) is 10.9 Å². The number of carbonyl (C=O) groups is 1. The molecule has 6 heteroatoms. The number of urea groups is 1. The molecule has 2 heterocycles. The highest BCUT2D eigenvalue weighted by molar-refractivity contribution is 5.90. The molecule has 2 fully saturated rings. The molecule has 0 spiro atoms. The zero-order chi connectivity index (χ0) is 12.3. The molecule has 2 saturated heterocycles. The maximum atomic E-state index is 12.3. The van der Waals surface area contributed by atoms with Crippen LogP contribution >= 0.6 is 0 Å². The lowest BCUT2D eigenvalue weighted by molar-refractivity contribution is 0.146. The van der Waals surface area contributed by atoms with E-state index in [9.17, 15) is 4.79 Å². The second-order valence-corrected chi connectivity index (χ2v) is 4.71. The number of piperidine rings is 1. The van der Waals surface area contributed by atoms with Crippen LogP contribution < -0.4 is 5.73 Å². The average Bonchev–Trinajstić information content (AvgIpc) is 2.87. The quantitative estimate of drug-likeness (QED) is 0.308. The third-order valence-electron chi connectivity index (χ3n) is 3.58. The smallest absolute Gasteiger partial charge is 0.320 e. The summed E-state index contributed by atoms with van der Waals surface area (Å²) in [4.78, 5) is 15.9. The number of nitrogens with two attached hydrogens (primary N) is 1. The van der Waals surface area contributed by atoms with E-state index >= 15 is 0 Å². The molecule has 2 aliphatic rings. The minimum atomic E-state index is -0.227. The molecule has 1 unspecified atom stereocenters. The van der Waals surface area contributed by atoms with Crippen LogP contribution in [0.3, 0.4) is 0 Å². The maximum Gasteiger partial charge on any atom is 0.320 e. The molecule has 17 heavy (non-hydrogen) atoms. The number of rotatable bonds is 1. The van der Waals surface area contributed by atoms with E-state index in [-0.39, 0.29) is 17.9 Å². The van der Waals surface area contributed by atoms with Gasteiger partial charge in [0.2, 0.25) is 0 Å². The number of hydrogen-bond donors (Lipinski definition) is 2. The lowest BCUT2D eigenvalue weighted by Crippen LogP contribution is -2.51. The Balaban J connectivity index is 2.02. The van der Waals surface area contributed by atoms with Crippen molar-refractivity contribution in [3.8, 4) is 0 Å². The molecule has 0 radical (unpaired) electrons. The third-order valence-corrected chi connectivity index (χ3v) is 3.58. The zero-order valence-corrected chi connectivity index (χ0v) is 10.0. The molecule has 3 N–H and O–H groups in total. The van der Waals surface area contributed by atoms with Gasteiger partial charge in [0.05, 0.1) is 6.04 Å². The predicted octanol–water partition coefficient (Wildman–Crippen LogP) is 0.803. The summed E-state index contributed by atoms with van der Waals surface area (Å²) in [6.07, 6.45) is 5.06. The number of hydrogen-bond acceptors (Lipinski definition) is 3. The Morgan fingerprint density at radius 1 is 1.18 bits per heavy atom. The van der Waals surface area contributed by atoms with E-state index in [2.05, 4.69) is 5.16 Å². The summed E-state index contributed by atoms with van der Waals surface area (Å²) in [6, 6.07) is -0.187. The summed E-state index contributed by atoms with van der Waals surface area (Å²) in [7, 11) is 0. The van der Waals surface area contributed by atoms with Gasteiger partial charge in [-0.05, 0) is 32.1 Å². The van der Waals surface area contributed by atoms with Crippen LogP contribution in [0.2, 0.25) is 0 Å². The molecule has 2 rings (SSSR count). The van der Waals surface area contributed by atoms with Gasteiger partial charge in [0.1, 0.15) is 0 Å². The molecule has 0 aromatic carbocycles. The lowest BCUT2D eigenvalue weighted by atomic mass is 10.1. The Hall–Kier alpha value is -1.46. The van der Waals surface area contributed by atoms with Crippen LogP contribution in [0.1, 0.15) is 32.1 Å². The van der Waals surface area contributed by atoms with Gasteiger partial charge in [-0.25, -0.2) is 4.79 Å². The van der Waals surface area contributed by atoms with Crippen LogP contribution in [0.25, 0.3) is 0 Å². The van der Waals surface area contributed by atoms with E-state index in [0.717, 1.165) is 38.8 Å². The van der Waals surface area contributed by atoms with Gasteiger partial charge in [-0.3, -0.25) is 0 Å². The Morgan fingerprint density at radius 2 is 1.88 bits per heavy atom. The predicted molar refractivity (Wildman–Crippen MR) is 64.0 cm³/mol. The largest absolute Gasteiger partial charge is 0.409 e. The van der Waals surface area contributed by atoms with Gasteiger partial charge >= 0.3 is 6.03 Å². The molecule has 0 aliphatic carbocycles. The number of carbonyl (C=O) groups excluding carboxylic acids is 1. The van der Waals surface area contributed by atoms with Crippen molar-refractivity contribution in [2.24, 2.45) is 10.9 Å². The Kier molecular flexibility index (Phi) is 3.71. The fourth-order valence-electron chi connectivity index (χ4n) is 2.64. The van der Waals surface area contributed by atoms with Gasteiger partial charge in [-0.2, -0.15) is 0 Å². The first-order valence-electron chi connectivity index (χ1n) is 6.27. The first kappa shape index (κ1) is 12.0. The normalized spacial score (nSPS) is 26.4. The van der Waals surface area contributed by atoms with E-state index in [1.807, 2.05) is 4.90 Å². The zero-order valence-electron chi connectivity index (χ0n) is 10.0. The van der Waals surface area contributed by atoms with E-state index in [1.165, 1.54) is 6.42 Å². The molecule has 96 valence electrons. The van der Waals surface area contributed by atoms with Crippen molar-refractivity contribution < 1.29 is 10.0 Å². The SMILES string of the molecule is NC(=NO)C1CCCN1C(=O)N1CCCCC1. The fourth-order valence-corrected chi connectivity index (χ4v) is 2.64. The Morgan fingerprint density at radius 3 is 2.53 bits per heavy atom. The molecule has 2 aliphatic heterocycles. The minimum absolute atomic E-state index is 0.0406. The number of likely N-dealkylation sites (tertiary alicyclic amines) is 2. The van der Waals surface area contributed by atoms with Gasteiger partial charge in [0.25, 0.3) is 0 Å². The standard InChI is InChI=1S/C11H20N4O2/c12-10(13-17)9-5-4-8-15(9)11(16)14-6-2-1-3-7-14/h9,17H,1-8H2,(H2,12,13). The molecule has 0 aromatic rings. The number of nitrogens with zero attached hydrogens (tertiary/aromatic N) is 3. The first-order valence-corrected chi connectivity index (χ1v) is 6.27. The minimum Gasteiger partial charge on any atom is -0.409 e. The lowest BCUT2D eigenvalue weighted by Gasteiger charge is -2.33. The molecular weight excluding hydrogens is 220 g/mol. The van der Waals surface area contributed by atoms with Crippen LogP contribution in [0.15, 0.2) is 5.16 Å². The molecular formula is C11H20N4O2. The summed E-state index contributed by atoms with van der Waals surface area (Å²) < 4.78 is 0. The monoisotopic (exact) mass is 240 g/mol. The van der Waals surface area contributed by atoms with Gasteiger partial charge in [-0.15, -0.1) is 0 Å². The van der Waals surface area contributed by atoms with Crippen LogP contribution in [0, 0.1) is 0 Å². The highest BCUT2D eigenvalue weighted by atomic mass is 16.4. The van der Waals surface area contributed by atoms with E-state index < -0.39 is 0 Å². The van der Waals surface area contributed by atoms with Crippen molar-refractivity contribution >= 4 is 11.9 Å². The average molecular weight is 240 g/mol. The van der Waals surface area contributed by atoms with Crippen molar-refractivity contribution in [2.75, 3.05) is 19.6 Å². The van der Waals surface area contributed by atoms with Crippen molar-refractivity contribution in [3.63, 3.8) is 0 Å². The maximum absolute atomic E-state index is 12.3. The van der Waals surface area contributed by atoms with Crippen LogP contribution in [0.5, 0.6) is 0 Å². The molecule has 1 atom stereocenters. The fraction of sp³-hybridized carbons (Fsp3) is 0.818. The summed E-state index contributed by atoms with van der Waals surface area (Å²) in [6.45, 7) is 2.37. The Bertz CT molecular complexity index is 313. The second kappa shape index (κ2) is 5.25. The topological polar surface area (TPSA) is 82.2 Å². The van der Waals surface area contributed by atoms with Gasteiger partial charge in [-0.1, -0.05) is 5.16 Å². The molecule has 6 nitrogen and oxygen atoms in total. The summed E-state index contributed by atoms with van der Waals surface area (Å²) in [5, 5.41) is 11.7. The number of amidine groups is 1. The number of amides is 2. The van der Waals surface area contributed by atoms with Crippen molar-refractivity contribution in [1.29, 1.82) is 0 Å². The van der Waals surface area contributed by atoms with Crippen LogP contribution in [0.4, 0.5) is 4.79 Å². The van der Waals surface area contributed by atoms with Gasteiger partial charge in [0.15, 0.2) is 5.84 Å². The second-order valence-electron chi connectivity index (χ2n) is 4.71. The molecule has 2 amide bonds. The van der Waals surface area contributed by atoms with Crippen molar-refractivity contribution in [2.45, 2.75) is 38.1 Å². The van der Waals surface area contributed by atoms with Crippen molar-refractivity contribution in [1.82, 2.24) is 9.80 Å². The summed E-state index contributed by atoms with van der Waals surface area (Å²) in [5.41, 5.74) is 5.62. The Labute approximate surface area is 101 Å². The summed E-state index contributed by atoms with van der Waals surface area (Å²) in [5.74, 6) is 0.146. The third kappa shape index (κ3) is 2.45. The molecule has 0 saturated carbocycles. The summed E-state index contributed by atoms with van der Waals surface area (Å²) >= 11 is 0. The highest BCUT2D eigenvalue weighted by Crippen LogP contribution is 2.21. The van der Waals surface area contributed by atoms with Crippen LogP contribution in [-0.4, -0.2) is 52.5 Å². The van der Waals surface area contributed by atoms with Gasteiger partial charge < -0.3 is 20.7 Å². The molecule has 0 aromatic heterocycles. The molecule has 0 bridgehead atoms. The van der Waals surface area contributed by atoms with E-state index in [1.54, 1.807) is 4.90 Å². The highest BCUT2D eigenvalue weighted by Gasteiger charge is 2.34.